The van der Waals surface area contributed by atoms with Crippen LogP contribution < -0.4 is 10.5 Å². The number of aromatic nitrogens is 2. The van der Waals surface area contributed by atoms with Crippen LogP contribution in [0.5, 0.6) is 5.88 Å². The van der Waals surface area contributed by atoms with Gasteiger partial charge in [-0.25, -0.2) is 0 Å². The van der Waals surface area contributed by atoms with Gasteiger partial charge < -0.3 is 10.5 Å². The Hall–Kier alpha value is -1.98. The molecule has 0 amide bonds. The smallest absolute Gasteiger partial charge is 0.233 e. The highest BCUT2D eigenvalue weighted by Gasteiger charge is 2.14. The zero-order chi connectivity index (χ0) is 13.2. The van der Waals surface area contributed by atoms with Gasteiger partial charge in [-0.2, -0.15) is 0 Å². The van der Waals surface area contributed by atoms with Crippen LogP contribution in [0.4, 0.5) is 0 Å². The van der Waals surface area contributed by atoms with Gasteiger partial charge in [-0.1, -0.05) is 18.2 Å². The maximum absolute atomic E-state index is 6.30. The number of rotatable bonds is 3. The SMILES string of the molecule is COc1ccc(C(N)c2cccc3ccsc23)nn1. The Balaban J connectivity index is 2.02. The lowest BCUT2D eigenvalue weighted by atomic mass is 10.0. The molecule has 0 aliphatic rings. The Morgan fingerprint density at radius 3 is 2.79 bits per heavy atom. The number of thiophene rings is 1. The third-order valence-electron chi connectivity index (χ3n) is 3.03. The number of ether oxygens (including phenoxy) is 1. The number of benzene rings is 1. The quantitative estimate of drug-likeness (QED) is 0.795. The molecule has 2 heterocycles. The number of hydrogen-bond donors (Lipinski definition) is 1. The fourth-order valence-corrected chi connectivity index (χ4v) is 2.98. The fourth-order valence-electron chi connectivity index (χ4n) is 2.03. The van der Waals surface area contributed by atoms with Crippen molar-refractivity contribution in [2.24, 2.45) is 5.73 Å². The molecule has 19 heavy (non-hydrogen) atoms. The van der Waals surface area contributed by atoms with Crippen molar-refractivity contribution in [1.82, 2.24) is 10.2 Å². The predicted molar refractivity (Wildman–Crippen MR) is 76.4 cm³/mol. The average molecular weight is 271 g/mol. The molecule has 96 valence electrons. The number of fused-ring (bicyclic) bond motifs is 1. The van der Waals surface area contributed by atoms with Crippen molar-refractivity contribution in [3.63, 3.8) is 0 Å². The molecule has 2 aromatic heterocycles. The Labute approximate surface area is 114 Å². The van der Waals surface area contributed by atoms with E-state index < -0.39 is 0 Å². The second kappa shape index (κ2) is 4.95. The summed E-state index contributed by atoms with van der Waals surface area (Å²) in [4.78, 5) is 0. The molecule has 0 saturated carbocycles. The van der Waals surface area contributed by atoms with Crippen molar-refractivity contribution in [2.45, 2.75) is 6.04 Å². The molecule has 0 spiro atoms. The monoisotopic (exact) mass is 271 g/mol. The predicted octanol–water partition coefficient (Wildman–Crippen LogP) is 2.75. The Morgan fingerprint density at radius 1 is 1.16 bits per heavy atom. The van der Waals surface area contributed by atoms with Crippen molar-refractivity contribution >= 4 is 21.4 Å². The molecule has 5 heteroatoms. The fraction of sp³-hybridized carbons (Fsp3) is 0.143. The largest absolute Gasteiger partial charge is 0.480 e. The molecule has 2 N–H and O–H groups in total. The van der Waals surface area contributed by atoms with Crippen LogP contribution in [0.25, 0.3) is 10.1 Å². The summed E-state index contributed by atoms with van der Waals surface area (Å²) in [5, 5.41) is 11.4. The molecule has 1 unspecified atom stereocenters. The lowest BCUT2D eigenvalue weighted by Crippen LogP contribution is -2.14. The molecule has 0 aliphatic heterocycles. The van der Waals surface area contributed by atoms with Crippen LogP contribution in [0, 0.1) is 0 Å². The van der Waals surface area contributed by atoms with Crippen molar-refractivity contribution in [3.05, 3.63) is 53.0 Å². The number of methoxy groups -OCH3 is 1. The number of nitrogens with two attached hydrogens (primary N) is 1. The van der Waals surface area contributed by atoms with Crippen molar-refractivity contribution in [1.29, 1.82) is 0 Å². The van der Waals surface area contributed by atoms with Gasteiger partial charge in [0.1, 0.15) is 0 Å². The first-order valence-electron chi connectivity index (χ1n) is 5.89. The summed E-state index contributed by atoms with van der Waals surface area (Å²) in [7, 11) is 1.57. The summed E-state index contributed by atoms with van der Waals surface area (Å²) >= 11 is 1.69. The highest BCUT2D eigenvalue weighted by Crippen LogP contribution is 2.30. The van der Waals surface area contributed by atoms with Crippen LogP contribution in [0.2, 0.25) is 0 Å². The van der Waals surface area contributed by atoms with Gasteiger partial charge in [-0.15, -0.1) is 21.5 Å². The van der Waals surface area contributed by atoms with Crippen LogP contribution in [0.1, 0.15) is 17.3 Å². The van der Waals surface area contributed by atoms with Crippen LogP contribution in [0.15, 0.2) is 41.8 Å². The van der Waals surface area contributed by atoms with Gasteiger partial charge >= 0.3 is 0 Å². The van der Waals surface area contributed by atoms with E-state index in [1.807, 2.05) is 18.2 Å². The van der Waals surface area contributed by atoms with Gasteiger partial charge in [0, 0.05) is 10.8 Å². The third kappa shape index (κ3) is 2.18. The third-order valence-corrected chi connectivity index (χ3v) is 4.01. The normalized spacial score (nSPS) is 12.5. The standard InChI is InChI=1S/C14H13N3OS/c1-18-12-6-5-11(16-17-12)13(15)10-4-2-3-9-7-8-19-14(9)10/h2-8,13H,15H2,1H3. The maximum atomic E-state index is 6.30. The molecule has 3 aromatic rings. The Bertz CT molecular complexity index is 693. The molecule has 4 nitrogen and oxygen atoms in total. The summed E-state index contributed by atoms with van der Waals surface area (Å²) in [6.45, 7) is 0. The second-order valence-corrected chi connectivity index (χ2v) is 5.08. The molecule has 0 bridgehead atoms. The van der Waals surface area contributed by atoms with Crippen LogP contribution >= 0.6 is 11.3 Å². The van der Waals surface area contributed by atoms with Crippen LogP contribution in [-0.4, -0.2) is 17.3 Å². The highest BCUT2D eigenvalue weighted by atomic mass is 32.1. The molecule has 0 saturated heterocycles. The van der Waals surface area contributed by atoms with E-state index in [0.717, 1.165) is 11.3 Å². The van der Waals surface area contributed by atoms with Gasteiger partial charge in [0.05, 0.1) is 18.8 Å². The van der Waals surface area contributed by atoms with Gasteiger partial charge in [-0.3, -0.25) is 0 Å². The summed E-state index contributed by atoms with van der Waals surface area (Å²) in [5.74, 6) is 0.491. The van der Waals surface area contributed by atoms with E-state index in [0.29, 0.717) is 5.88 Å². The van der Waals surface area contributed by atoms with E-state index in [2.05, 4.69) is 27.7 Å². The molecule has 3 rings (SSSR count). The summed E-state index contributed by atoms with van der Waals surface area (Å²) in [6.07, 6.45) is 0. The molecular weight excluding hydrogens is 258 g/mol. The van der Waals surface area contributed by atoms with Gasteiger partial charge in [0.15, 0.2) is 0 Å². The molecular formula is C14H13N3OS. The van der Waals surface area contributed by atoms with Crippen LogP contribution in [-0.2, 0) is 0 Å². The van der Waals surface area contributed by atoms with Gasteiger partial charge in [-0.05, 0) is 28.5 Å². The van der Waals surface area contributed by atoms with Crippen molar-refractivity contribution in [3.8, 4) is 5.88 Å². The summed E-state index contributed by atoms with van der Waals surface area (Å²) < 4.78 is 6.20. The van der Waals surface area contributed by atoms with E-state index >= 15 is 0 Å². The van der Waals surface area contributed by atoms with Gasteiger partial charge in [0.25, 0.3) is 0 Å². The van der Waals surface area contributed by atoms with Crippen LogP contribution in [0.3, 0.4) is 0 Å². The first kappa shape index (κ1) is 12.1. The second-order valence-electron chi connectivity index (χ2n) is 4.16. The lowest BCUT2D eigenvalue weighted by Gasteiger charge is -2.12. The first-order chi connectivity index (χ1) is 9.29. The van der Waals surface area contributed by atoms with Crippen molar-refractivity contribution in [2.75, 3.05) is 7.11 Å². The van der Waals surface area contributed by atoms with E-state index in [1.165, 1.54) is 10.1 Å². The maximum Gasteiger partial charge on any atom is 0.233 e. The summed E-state index contributed by atoms with van der Waals surface area (Å²) in [6, 6.07) is 11.6. The van der Waals surface area contributed by atoms with E-state index in [-0.39, 0.29) is 6.04 Å². The highest BCUT2D eigenvalue weighted by molar-refractivity contribution is 7.17. The first-order valence-corrected chi connectivity index (χ1v) is 6.77. The molecule has 1 atom stereocenters. The number of nitrogens with zero attached hydrogens (tertiary/aromatic N) is 2. The topological polar surface area (TPSA) is 61.0 Å². The van der Waals surface area contributed by atoms with E-state index in [1.54, 1.807) is 24.5 Å². The molecule has 0 aliphatic carbocycles. The van der Waals surface area contributed by atoms with Gasteiger partial charge in [0.2, 0.25) is 5.88 Å². The minimum atomic E-state index is -0.277. The minimum absolute atomic E-state index is 0.277. The zero-order valence-electron chi connectivity index (χ0n) is 10.4. The average Bonchev–Trinajstić information content (AvgIpc) is 2.95. The molecule has 0 fully saturated rings. The summed E-state index contributed by atoms with van der Waals surface area (Å²) in [5.41, 5.74) is 8.11. The van der Waals surface area contributed by atoms with E-state index in [4.69, 9.17) is 10.5 Å². The minimum Gasteiger partial charge on any atom is -0.480 e. The molecule has 1 aromatic carbocycles. The Morgan fingerprint density at radius 2 is 2.05 bits per heavy atom. The van der Waals surface area contributed by atoms with E-state index in [9.17, 15) is 0 Å². The molecule has 0 radical (unpaired) electrons. The van der Waals surface area contributed by atoms with Crippen molar-refractivity contribution < 1.29 is 4.74 Å². The zero-order valence-corrected chi connectivity index (χ0v) is 11.2. The number of hydrogen-bond acceptors (Lipinski definition) is 5. The lowest BCUT2D eigenvalue weighted by molar-refractivity contribution is 0.390. The Kier molecular flexibility index (Phi) is 3.15.